The molecule has 1 aromatic heterocycles. The fourth-order valence-corrected chi connectivity index (χ4v) is 0.601. The number of nitrogens with one attached hydrogen (secondary N) is 1. The molecule has 0 amide bonds. The second-order valence-electron chi connectivity index (χ2n) is 1.87. The molecule has 1 aromatic rings. The molecule has 0 aliphatic heterocycles. The van der Waals surface area contributed by atoms with E-state index in [1.54, 1.807) is 25.3 Å². The van der Waals surface area contributed by atoms with Crippen LogP contribution in [0.5, 0.6) is 0 Å². The van der Waals surface area contributed by atoms with E-state index < -0.39 is 0 Å². The van der Waals surface area contributed by atoms with Crippen molar-refractivity contribution in [2.45, 2.75) is 13.0 Å². The van der Waals surface area contributed by atoms with Crippen LogP contribution < -0.4 is 5.48 Å². The monoisotopic (exact) mass is 127 g/mol. The van der Waals surface area contributed by atoms with Gasteiger partial charge in [0.15, 0.2) is 0 Å². The van der Waals surface area contributed by atoms with E-state index in [9.17, 15) is 0 Å². The molecule has 0 aromatic carbocycles. The van der Waals surface area contributed by atoms with Crippen molar-refractivity contribution in [1.29, 1.82) is 0 Å². The van der Waals surface area contributed by atoms with Crippen molar-refractivity contribution in [1.82, 2.24) is 5.48 Å². The summed E-state index contributed by atoms with van der Waals surface area (Å²) in [6, 6.07) is 3.46. The lowest BCUT2D eigenvalue weighted by Gasteiger charge is -2.02. The smallest absolute Gasteiger partial charge is 0.122 e. The first-order valence-electron chi connectivity index (χ1n) is 2.77. The zero-order valence-electron chi connectivity index (χ0n) is 5.16. The zero-order chi connectivity index (χ0) is 6.69. The van der Waals surface area contributed by atoms with Crippen LogP contribution in [0.3, 0.4) is 0 Å². The average Bonchev–Trinajstić information content (AvgIpc) is 2.37. The third-order valence-electron chi connectivity index (χ3n) is 1.16. The molecule has 0 spiro atoms. The van der Waals surface area contributed by atoms with Gasteiger partial charge in [0.25, 0.3) is 0 Å². The van der Waals surface area contributed by atoms with Gasteiger partial charge in [-0.15, -0.1) is 0 Å². The van der Waals surface area contributed by atoms with Crippen LogP contribution in [0.1, 0.15) is 18.7 Å². The summed E-state index contributed by atoms with van der Waals surface area (Å²) in [5.74, 6) is 0.734. The fourth-order valence-electron chi connectivity index (χ4n) is 0.601. The van der Waals surface area contributed by atoms with E-state index in [0.29, 0.717) is 0 Å². The first-order valence-corrected chi connectivity index (χ1v) is 2.77. The van der Waals surface area contributed by atoms with Gasteiger partial charge >= 0.3 is 0 Å². The summed E-state index contributed by atoms with van der Waals surface area (Å²) in [5.41, 5.74) is 2.07. The molecular formula is C6H9NO2. The first kappa shape index (κ1) is 6.32. The van der Waals surface area contributed by atoms with Crippen LogP contribution in [0.25, 0.3) is 0 Å². The summed E-state index contributed by atoms with van der Waals surface area (Å²) in [6.45, 7) is 1.80. The lowest BCUT2D eigenvalue weighted by Crippen LogP contribution is -2.11. The van der Waals surface area contributed by atoms with E-state index >= 15 is 0 Å². The lowest BCUT2D eigenvalue weighted by atomic mass is 10.3. The number of hydrogen-bond donors (Lipinski definition) is 2. The number of rotatable bonds is 2. The van der Waals surface area contributed by atoms with Crippen LogP contribution in [0.15, 0.2) is 22.8 Å². The highest BCUT2D eigenvalue weighted by atomic mass is 16.5. The molecule has 0 radical (unpaired) electrons. The molecule has 0 unspecified atom stereocenters. The van der Waals surface area contributed by atoms with Gasteiger partial charge in [-0.2, -0.15) is 5.48 Å². The van der Waals surface area contributed by atoms with Gasteiger partial charge in [0.05, 0.1) is 12.3 Å². The maximum atomic E-state index is 8.40. The normalized spacial score (nSPS) is 13.6. The molecule has 3 heteroatoms. The van der Waals surface area contributed by atoms with Gasteiger partial charge in [-0.25, -0.2) is 0 Å². The minimum absolute atomic E-state index is 0.125. The van der Waals surface area contributed by atoms with Gasteiger partial charge in [-0.1, -0.05) is 0 Å². The second kappa shape index (κ2) is 2.66. The largest absolute Gasteiger partial charge is 0.468 e. The van der Waals surface area contributed by atoms with Crippen LogP contribution in [0.4, 0.5) is 0 Å². The van der Waals surface area contributed by atoms with Crippen LogP contribution in [-0.4, -0.2) is 5.21 Å². The molecule has 1 rings (SSSR count). The topological polar surface area (TPSA) is 45.4 Å². The second-order valence-corrected chi connectivity index (χ2v) is 1.87. The van der Waals surface area contributed by atoms with Crippen molar-refractivity contribution in [3.8, 4) is 0 Å². The highest BCUT2D eigenvalue weighted by molar-refractivity contribution is 5.01. The van der Waals surface area contributed by atoms with E-state index in [-0.39, 0.29) is 6.04 Å². The summed E-state index contributed by atoms with van der Waals surface area (Å²) >= 11 is 0. The molecule has 50 valence electrons. The maximum Gasteiger partial charge on any atom is 0.122 e. The summed E-state index contributed by atoms with van der Waals surface area (Å²) in [4.78, 5) is 0. The minimum atomic E-state index is -0.125. The Morgan fingerprint density at radius 2 is 2.56 bits per heavy atom. The molecule has 9 heavy (non-hydrogen) atoms. The molecule has 0 bridgehead atoms. The molecule has 3 nitrogen and oxygen atoms in total. The molecule has 0 saturated heterocycles. The quantitative estimate of drug-likeness (QED) is 0.589. The molecule has 0 fully saturated rings. The Morgan fingerprint density at radius 3 is 3.00 bits per heavy atom. The van der Waals surface area contributed by atoms with Gasteiger partial charge in [0, 0.05) is 0 Å². The highest BCUT2D eigenvalue weighted by Crippen LogP contribution is 2.10. The summed E-state index contributed by atoms with van der Waals surface area (Å²) in [6.07, 6.45) is 1.57. The van der Waals surface area contributed by atoms with Crippen LogP contribution in [0, 0.1) is 0 Å². The molecule has 0 saturated carbocycles. The molecule has 1 atom stereocenters. The first-order chi connectivity index (χ1) is 4.34. The van der Waals surface area contributed by atoms with Crippen LogP contribution in [0.2, 0.25) is 0 Å². The maximum absolute atomic E-state index is 8.40. The fraction of sp³-hybridized carbons (Fsp3) is 0.333. The van der Waals surface area contributed by atoms with E-state index in [2.05, 4.69) is 5.48 Å². The van der Waals surface area contributed by atoms with Crippen molar-refractivity contribution in [2.24, 2.45) is 0 Å². The van der Waals surface area contributed by atoms with Gasteiger partial charge in [0.1, 0.15) is 5.76 Å². The van der Waals surface area contributed by atoms with Crippen LogP contribution >= 0.6 is 0 Å². The minimum Gasteiger partial charge on any atom is -0.468 e. The predicted molar refractivity (Wildman–Crippen MR) is 32.0 cm³/mol. The molecule has 1 heterocycles. The highest BCUT2D eigenvalue weighted by Gasteiger charge is 2.03. The summed E-state index contributed by atoms with van der Waals surface area (Å²) in [7, 11) is 0. The van der Waals surface area contributed by atoms with Crippen molar-refractivity contribution < 1.29 is 9.62 Å². The lowest BCUT2D eigenvalue weighted by molar-refractivity contribution is 0.123. The van der Waals surface area contributed by atoms with Crippen molar-refractivity contribution in [2.75, 3.05) is 0 Å². The zero-order valence-corrected chi connectivity index (χ0v) is 5.16. The Labute approximate surface area is 53.3 Å². The Bertz CT molecular complexity index is 160. The van der Waals surface area contributed by atoms with E-state index in [4.69, 9.17) is 9.62 Å². The van der Waals surface area contributed by atoms with Gasteiger partial charge < -0.3 is 9.62 Å². The van der Waals surface area contributed by atoms with E-state index in [1.165, 1.54) is 0 Å². The SMILES string of the molecule is C[C@@H](NO)c1ccco1. The van der Waals surface area contributed by atoms with Crippen molar-refractivity contribution in [3.05, 3.63) is 24.2 Å². The third kappa shape index (κ3) is 1.31. The predicted octanol–water partition coefficient (Wildman–Crippen LogP) is 1.32. The van der Waals surface area contributed by atoms with Gasteiger partial charge in [0.2, 0.25) is 0 Å². The molecule has 0 aliphatic rings. The summed E-state index contributed by atoms with van der Waals surface area (Å²) in [5, 5.41) is 8.40. The number of hydrogen-bond acceptors (Lipinski definition) is 3. The Balaban J connectivity index is 2.65. The number of furan rings is 1. The Kier molecular flexibility index (Phi) is 1.87. The molecular weight excluding hydrogens is 118 g/mol. The Hall–Kier alpha value is -0.800. The number of hydroxylamine groups is 1. The third-order valence-corrected chi connectivity index (χ3v) is 1.16. The molecule has 0 aliphatic carbocycles. The van der Waals surface area contributed by atoms with Crippen molar-refractivity contribution in [3.63, 3.8) is 0 Å². The van der Waals surface area contributed by atoms with Gasteiger partial charge in [-0.3, -0.25) is 0 Å². The van der Waals surface area contributed by atoms with Crippen LogP contribution in [-0.2, 0) is 0 Å². The van der Waals surface area contributed by atoms with Crippen molar-refractivity contribution >= 4 is 0 Å². The average molecular weight is 127 g/mol. The summed E-state index contributed by atoms with van der Waals surface area (Å²) < 4.78 is 4.96. The van der Waals surface area contributed by atoms with E-state index in [0.717, 1.165) is 5.76 Å². The van der Waals surface area contributed by atoms with E-state index in [1.807, 2.05) is 0 Å². The standard InChI is InChI=1S/C6H9NO2/c1-5(7-8)6-3-2-4-9-6/h2-5,7-8H,1H3/t5-/m1/s1. The molecule has 2 N–H and O–H groups in total. The van der Waals surface area contributed by atoms with Gasteiger partial charge in [-0.05, 0) is 19.1 Å². The Morgan fingerprint density at radius 1 is 1.78 bits per heavy atom.